The lowest BCUT2D eigenvalue weighted by Gasteiger charge is -2.38. The lowest BCUT2D eigenvalue weighted by Crippen LogP contribution is -2.49. The van der Waals surface area contributed by atoms with Crippen molar-refractivity contribution < 1.29 is 18.3 Å². The third kappa shape index (κ3) is 3.73. The van der Waals surface area contributed by atoms with Crippen molar-refractivity contribution in [3.8, 4) is 6.01 Å². The highest BCUT2D eigenvalue weighted by Gasteiger charge is 2.44. The van der Waals surface area contributed by atoms with Gasteiger partial charge in [0.05, 0.1) is 19.4 Å². The molecular weight excluding hydrogens is 304 g/mol. The fourth-order valence-corrected chi connectivity index (χ4v) is 2.40. The van der Waals surface area contributed by atoms with Crippen LogP contribution in [0.4, 0.5) is 14.6 Å². The van der Waals surface area contributed by atoms with Gasteiger partial charge in [0.25, 0.3) is 0 Å². The zero-order valence-electron chi connectivity index (χ0n) is 12.4. The topological polar surface area (TPSA) is 70.3 Å². The summed E-state index contributed by atoms with van der Waals surface area (Å²) in [6, 6.07) is 9.59. The standard InChI is InChI=1S/C16H17F2N3O2/c17-12-7-20-16(21-15(12)19)23-13-6-11(14(13)18)9-22-8-10-4-2-1-3-5-10/h1-5,7,11,13-14H,6,8-9H2,(H2,19,20,21)/t11-,13-,14+/m1/s1. The van der Waals surface area contributed by atoms with Gasteiger partial charge in [-0.15, -0.1) is 0 Å². The molecule has 3 rings (SSSR count). The number of hydrogen-bond acceptors (Lipinski definition) is 5. The number of nitrogen functional groups attached to an aromatic ring is 1. The van der Waals surface area contributed by atoms with E-state index >= 15 is 0 Å². The second kappa shape index (κ2) is 6.87. The maximum Gasteiger partial charge on any atom is 0.318 e. The van der Waals surface area contributed by atoms with E-state index in [-0.39, 0.29) is 17.7 Å². The number of anilines is 1. The minimum atomic E-state index is -1.17. The summed E-state index contributed by atoms with van der Waals surface area (Å²) in [5, 5.41) is 0. The predicted molar refractivity (Wildman–Crippen MR) is 79.9 cm³/mol. The molecule has 3 atom stereocenters. The van der Waals surface area contributed by atoms with Crippen molar-refractivity contribution >= 4 is 5.82 Å². The van der Waals surface area contributed by atoms with Gasteiger partial charge >= 0.3 is 6.01 Å². The van der Waals surface area contributed by atoms with E-state index < -0.39 is 18.1 Å². The van der Waals surface area contributed by atoms with Crippen LogP contribution < -0.4 is 10.5 Å². The van der Waals surface area contributed by atoms with Gasteiger partial charge in [0, 0.05) is 5.92 Å². The molecule has 1 fully saturated rings. The maximum absolute atomic E-state index is 14.1. The monoisotopic (exact) mass is 321 g/mol. The van der Waals surface area contributed by atoms with E-state index in [4.69, 9.17) is 15.2 Å². The van der Waals surface area contributed by atoms with Crippen LogP contribution in [0.1, 0.15) is 12.0 Å². The Kier molecular flexibility index (Phi) is 4.66. The van der Waals surface area contributed by atoms with Crippen LogP contribution in [0.5, 0.6) is 6.01 Å². The van der Waals surface area contributed by atoms with Gasteiger partial charge < -0.3 is 15.2 Å². The Bertz CT molecular complexity index is 657. The summed E-state index contributed by atoms with van der Waals surface area (Å²) in [5.74, 6) is -1.26. The van der Waals surface area contributed by atoms with Gasteiger partial charge in [-0.3, -0.25) is 0 Å². The molecule has 2 aromatic rings. The van der Waals surface area contributed by atoms with E-state index in [1.54, 1.807) is 0 Å². The van der Waals surface area contributed by atoms with E-state index in [9.17, 15) is 8.78 Å². The smallest absolute Gasteiger partial charge is 0.318 e. The van der Waals surface area contributed by atoms with Gasteiger partial charge in [0.15, 0.2) is 11.6 Å². The van der Waals surface area contributed by atoms with Crippen molar-refractivity contribution in [2.75, 3.05) is 12.3 Å². The molecule has 1 aromatic carbocycles. The number of ether oxygens (including phenoxy) is 2. The number of halogens is 2. The molecule has 0 amide bonds. The SMILES string of the molecule is Nc1nc(O[C@@H]2C[C@H](COCc3ccccc3)[C@@H]2F)ncc1F. The highest BCUT2D eigenvalue weighted by molar-refractivity contribution is 5.29. The summed E-state index contributed by atoms with van der Waals surface area (Å²) in [4.78, 5) is 7.26. The largest absolute Gasteiger partial charge is 0.457 e. The highest BCUT2D eigenvalue weighted by atomic mass is 19.1. The summed E-state index contributed by atoms with van der Waals surface area (Å²) in [6.45, 7) is 0.773. The molecule has 1 heterocycles. The lowest BCUT2D eigenvalue weighted by atomic mass is 9.80. The van der Waals surface area contributed by atoms with Gasteiger partial charge in [0.1, 0.15) is 12.3 Å². The summed E-state index contributed by atoms with van der Waals surface area (Å²) in [7, 11) is 0. The Morgan fingerprint density at radius 1 is 1.26 bits per heavy atom. The van der Waals surface area contributed by atoms with Crippen molar-refractivity contribution in [3.63, 3.8) is 0 Å². The van der Waals surface area contributed by atoms with E-state index in [0.29, 0.717) is 19.6 Å². The molecular formula is C16H17F2N3O2. The molecule has 1 aromatic heterocycles. The van der Waals surface area contributed by atoms with Crippen molar-refractivity contribution in [1.82, 2.24) is 9.97 Å². The molecule has 5 nitrogen and oxygen atoms in total. The van der Waals surface area contributed by atoms with Crippen LogP contribution in [0, 0.1) is 11.7 Å². The minimum absolute atomic E-state index is 0.111. The molecule has 0 aliphatic heterocycles. The Hall–Kier alpha value is -2.28. The Morgan fingerprint density at radius 2 is 2.04 bits per heavy atom. The quantitative estimate of drug-likeness (QED) is 0.885. The van der Waals surface area contributed by atoms with Crippen molar-refractivity contribution in [2.24, 2.45) is 5.92 Å². The fraction of sp³-hybridized carbons (Fsp3) is 0.375. The molecule has 23 heavy (non-hydrogen) atoms. The van der Waals surface area contributed by atoms with Gasteiger partial charge in [0.2, 0.25) is 0 Å². The zero-order chi connectivity index (χ0) is 16.2. The van der Waals surface area contributed by atoms with Crippen molar-refractivity contribution in [1.29, 1.82) is 0 Å². The van der Waals surface area contributed by atoms with Crippen LogP contribution in [0.25, 0.3) is 0 Å². The van der Waals surface area contributed by atoms with Crippen LogP contribution in [-0.4, -0.2) is 28.9 Å². The number of hydrogen-bond donors (Lipinski definition) is 1. The molecule has 1 aliphatic rings. The second-order valence-corrected chi connectivity index (χ2v) is 5.48. The van der Waals surface area contributed by atoms with E-state index in [0.717, 1.165) is 11.8 Å². The van der Waals surface area contributed by atoms with Gasteiger partial charge in [-0.1, -0.05) is 30.3 Å². The van der Waals surface area contributed by atoms with Gasteiger partial charge in [-0.05, 0) is 12.0 Å². The van der Waals surface area contributed by atoms with E-state index in [2.05, 4.69) is 9.97 Å². The molecule has 0 unspecified atom stereocenters. The molecule has 2 N–H and O–H groups in total. The summed E-state index contributed by atoms with van der Waals surface area (Å²) in [6.07, 6.45) is -0.411. The lowest BCUT2D eigenvalue weighted by molar-refractivity contribution is -0.0778. The van der Waals surface area contributed by atoms with Crippen LogP contribution in [-0.2, 0) is 11.3 Å². The van der Waals surface area contributed by atoms with Gasteiger partial charge in [-0.25, -0.2) is 13.8 Å². The second-order valence-electron chi connectivity index (χ2n) is 5.48. The van der Waals surface area contributed by atoms with Crippen LogP contribution in [0.15, 0.2) is 36.5 Å². The predicted octanol–water partition coefficient (Wildman–Crippen LogP) is 2.52. The molecule has 7 heteroatoms. The van der Waals surface area contributed by atoms with Crippen molar-refractivity contribution in [3.05, 3.63) is 47.9 Å². The van der Waals surface area contributed by atoms with Gasteiger partial charge in [-0.2, -0.15) is 4.98 Å². The number of nitrogens with two attached hydrogens (primary N) is 1. The van der Waals surface area contributed by atoms with Crippen LogP contribution in [0.2, 0.25) is 0 Å². The molecule has 0 radical (unpaired) electrons. The minimum Gasteiger partial charge on any atom is -0.457 e. The van der Waals surface area contributed by atoms with Crippen LogP contribution in [0.3, 0.4) is 0 Å². The summed E-state index contributed by atoms with van der Waals surface area (Å²) in [5.41, 5.74) is 6.37. The molecule has 0 bridgehead atoms. The molecule has 122 valence electrons. The first-order chi connectivity index (χ1) is 11.1. The average molecular weight is 321 g/mol. The highest BCUT2D eigenvalue weighted by Crippen LogP contribution is 2.34. The number of benzene rings is 1. The normalized spacial score (nSPS) is 23.3. The average Bonchev–Trinajstić information content (AvgIpc) is 2.57. The molecule has 0 saturated heterocycles. The Labute approximate surface area is 132 Å². The third-order valence-corrected chi connectivity index (χ3v) is 3.79. The van der Waals surface area contributed by atoms with E-state index in [1.165, 1.54) is 0 Å². The number of rotatable bonds is 6. The molecule has 1 aliphatic carbocycles. The van der Waals surface area contributed by atoms with Crippen LogP contribution >= 0.6 is 0 Å². The number of aromatic nitrogens is 2. The third-order valence-electron chi connectivity index (χ3n) is 3.79. The molecule has 0 spiro atoms. The number of alkyl halides is 1. The fourth-order valence-electron chi connectivity index (χ4n) is 2.40. The maximum atomic E-state index is 14.1. The van der Waals surface area contributed by atoms with Crippen molar-refractivity contribution in [2.45, 2.75) is 25.3 Å². The summed E-state index contributed by atoms with van der Waals surface area (Å²) >= 11 is 0. The zero-order valence-corrected chi connectivity index (χ0v) is 12.4. The van der Waals surface area contributed by atoms with E-state index in [1.807, 2.05) is 30.3 Å². The molecule has 1 saturated carbocycles. The summed E-state index contributed by atoms with van der Waals surface area (Å²) < 4.78 is 37.9. The number of nitrogens with zero attached hydrogens (tertiary/aromatic N) is 2. The first-order valence-corrected chi connectivity index (χ1v) is 7.34. The Morgan fingerprint density at radius 3 is 2.74 bits per heavy atom. The first kappa shape index (κ1) is 15.6. The first-order valence-electron chi connectivity index (χ1n) is 7.34. The Balaban J connectivity index is 1.43.